The standard InChI is InChI=1S/C19H20O4/c1-2-13-22-18(20)16-10-6-7-11-17(16)19(21)23-14-12-15-8-4-3-5-9-15/h3-11H,2,12-14H2,1H3. The molecule has 0 fully saturated rings. The molecule has 0 aliphatic rings. The maximum absolute atomic E-state index is 12.2. The zero-order valence-electron chi connectivity index (χ0n) is 13.2. The fourth-order valence-corrected chi connectivity index (χ4v) is 2.10. The Labute approximate surface area is 136 Å². The number of hydrogen-bond donors (Lipinski definition) is 0. The summed E-state index contributed by atoms with van der Waals surface area (Å²) in [4.78, 5) is 24.2. The molecular weight excluding hydrogens is 292 g/mol. The number of ether oxygens (including phenoxy) is 2. The van der Waals surface area contributed by atoms with Crippen LogP contribution >= 0.6 is 0 Å². The lowest BCUT2D eigenvalue weighted by atomic mass is 10.1. The molecule has 0 atom stereocenters. The van der Waals surface area contributed by atoms with Crippen molar-refractivity contribution in [1.29, 1.82) is 0 Å². The first-order valence-electron chi connectivity index (χ1n) is 7.69. The Kier molecular flexibility index (Phi) is 6.36. The summed E-state index contributed by atoms with van der Waals surface area (Å²) in [6.45, 7) is 2.51. The predicted octanol–water partition coefficient (Wildman–Crippen LogP) is 3.65. The van der Waals surface area contributed by atoms with Gasteiger partial charge in [0.25, 0.3) is 0 Å². The van der Waals surface area contributed by atoms with Crippen LogP contribution in [0.5, 0.6) is 0 Å². The van der Waals surface area contributed by atoms with Crippen molar-refractivity contribution in [2.75, 3.05) is 13.2 Å². The topological polar surface area (TPSA) is 52.6 Å². The number of benzene rings is 2. The van der Waals surface area contributed by atoms with E-state index in [9.17, 15) is 9.59 Å². The van der Waals surface area contributed by atoms with E-state index in [1.54, 1.807) is 24.3 Å². The van der Waals surface area contributed by atoms with E-state index in [-0.39, 0.29) is 17.7 Å². The maximum atomic E-state index is 12.2. The maximum Gasteiger partial charge on any atom is 0.339 e. The Balaban J connectivity index is 1.97. The molecule has 0 heterocycles. The fourth-order valence-electron chi connectivity index (χ4n) is 2.10. The van der Waals surface area contributed by atoms with E-state index in [0.29, 0.717) is 13.0 Å². The normalized spacial score (nSPS) is 10.1. The van der Waals surface area contributed by atoms with Crippen molar-refractivity contribution in [3.05, 3.63) is 71.3 Å². The molecule has 23 heavy (non-hydrogen) atoms. The summed E-state index contributed by atoms with van der Waals surface area (Å²) < 4.78 is 10.4. The summed E-state index contributed by atoms with van der Waals surface area (Å²) in [5.74, 6) is -1.01. The van der Waals surface area contributed by atoms with Gasteiger partial charge in [-0.15, -0.1) is 0 Å². The van der Waals surface area contributed by atoms with Crippen molar-refractivity contribution in [1.82, 2.24) is 0 Å². The highest BCUT2D eigenvalue weighted by molar-refractivity contribution is 6.03. The Morgan fingerprint density at radius 1 is 0.783 bits per heavy atom. The van der Waals surface area contributed by atoms with E-state index in [1.165, 1.54) is 0 Å². The molecule has 4 nitrogen and oxygen atoms in total. The van der Waals surface area contributed by atoms with Crippen molar-refractivity contribution in [3.63, 3.8) is 0 Å². The molecule has 0 unspecified atom stereocenters. The molecule has 0 radical (unpaired) electrons. The summed E-state index contributed by atoms with van der Waals surface area (Å²) in [5.41, 5.74) is 1.57. The van der Waals surface area contributed by atoms with Gasteiger partial charge in [0.1, 0.15) is 0 Å². The van der Waals surface area contributed by atoms with Crippen molar-refractivity contribution >= 4 is 11.9 Å². The number of hydrogen-bond acceptors (Lipinski definition) is 4. The van der Waals surface area contributed by atoms with Crippen LogP contribution in [-0.2, 0) is 15.9 Å². The van der Waals surface area contributed by atoms with Gasteiger partial charge in [-0.3, -0.25) is 0 Å². The quantitative estimate of drug-likeness (QED) is 0.732. The van der Waals surface area contributed by atoms with Gasteiger partial charge in [0.15, 0.2) is 0 Å². The van der Waals surface area contributed by atoms with Crippen LogP contribution in [0.2, 0.25) is 0 Å². The van der Waals surface area contributed by atoms with Gasteiger partial charge in [-0.05, 0) is 24.1 Å². The number of esters is 2. The van der Waals surface area contributed by atoms with E-state index in [4.69, 9.17) is 9.47 Å². The highest BCUT2D eigenvalue weighted by Crippen LogP contribution is 2.12. The number of carbonyl (C=O) groups is 2. The number of carbonyl (C=O) groups excluding carboxylic acids is 2. The van der Waals surface area contributed by atoms with Crippen LogP contribution in [0.1, 0.15) is 39.6 Å². The van der Waals surface area contributed by atoms with Crippen molar-refractivity contribution < 1.29 is 19.1 Å². The van der Waals surface area contributed by atoms with Crippen molar-refractivity contribution in [2.45, 2.75) is 19.8 Å². The molecule has 2 rings (SSSR count). The van der Waals surface area contributed by atoms with Crippen LogP contribution in [0.3, 0.4) is 0 Å². The molecule has 0 bridgehead atoms. The zero-order chi connectivity index (χ0) is 16.5. The summed E-state index contributed by atoms with van der Waals surface area (Å²) in [6.07, 6.45) is 1.37. The molecule has 4 heteroatoms. The predicted molar refractivity (Wildman–Crippen MR) is 87.4 cm³/mol. The average Bonchev–Trinajstić information content (AvgIpc) is 2.60. The molecule has 2 aromatic carbocycles. The minimum absolute atomic E-state index is 0.238. The fraction of sp³-hybridized carbons (Fsp3) is 0.263. The largest absolute Gasteiger partial charge is 0.462 e. The molecule has 0 N–H and O–H groups in total. The first-order valence-corrected chi connectivity index (χ1v) is 7.69. The molecule has 0 saturated heterocycles. The van der Waals surface area contributed by atoms with Crippen LogP contribution in [0.15, 0.2) is 54.6 Å². The molecule has 0 aliphatic heterocycles. The van der Waals surface area contributed by atoms with Crippen molar-refractivity contribution in [2.24, 2.45) is 0 Å². The Bertz CT molecular complexity index is 649. The highest BCUT2D eigenvalue weighted by atomic mass is 16.5. The minimum Gasteiger partial charge on any atom is -0.462 e. The summed E-state index contributed by atoms with van der Waals surface area (Å²) >= 11 is 0. The molecule has 0 aliphatic carbocycles. The van der Waals surface area contributed by atoms with Gasteiger partial charge >= 0.3 is 11.9 Å². The summed E-state index contributed by atoms with van der Waals surface area (Å²) in [6, 6.07) is 16.3. The molecular formula is C19H20O4. The van der Waals surface area contributed by atoms with Gasteiger partial charge in [-0.25, -0.2) is 9.59 Å². The highest BCUT2D eigenvalue weighted by Gasteiger charge is 2.18. The smallest absolute Gasteiger partial charge is 0.339 e. The van der Waals surface area contributed by atoms with Crippen LogP contribution in [0.25, 0.3) is 0 Å². The lowest BCUT2D eigenvalue weighted by molar-refractivity contribution is 0.0460. The van der Waals surface area contributed by atoms with Gasteiger partial charge in [0.05, 0.1) is 24.3 Å². The second-order valence-electron chi connectivity index (χ2n) is 5.05. The summed E-state index contributed by atoms with van der Waals surface area (Å²) in [5, 5.41) is 0. The van der Waals surface area contributed by atoms with Crippen LogP contribution < -0.4 is 0 Å². The average molecular weight is 312 g/mol. The third-order valence-electron chi connectivity index (χ3n) is 3.27. The van der Waals surface area contributed by atoms with E-state index in [2.05, 4.69) is 0 Å². The van der Waals surface area contributed by atoms with Gasteiger partial charge < -0.3 is 9.47 Å². The third-order valence-corrected chi connectivity index (χ3v) is 3.27. The minimum atomic E-state index is -0.509. The van der Waals surface area contributed by atoms with Crippen LogP contribution in [0.4, 0.5) is 0 Å². The van der Waals surface area contributed by atoms with E-state index in [0.717, 1.165) is 12.0 Å². The molecule has 2 aromatic rings. The number of rotatable bonds is 7. The Morgan fingerprint density at radius 3 is 1.87 bits per heavy atom. The second-order valence-corrected chi connectivity index (χ2v) is 5.05. The third kappa shape index (κ3) is 4.95. The molecule has 0 aromatic heterocycles. The molecule has 0 amide bonds. The first kappa shape index (κ1) is 16.7. The molecule has 0 saturated carbocycles. The van der Waals surface area contributed by atoms with Crippen LogP contribution in [-0.4, -0.2) is 25.2 Å². The van der Waals surface area contributed by atoms with Gasteiger partial charge in [0, 0.05) is 6.42 Å². The van der Waals surface area contributed by atoms with Gasteiger partial charge in [-0.2, -0.15) is 0 Å². The SMILES string of the molecule is CCCOC(=O)c1ccccc1C(=O)OCCc1ccccc1. The van der Waals surface area contributed by atoms with Gasteiger partial charge in [0.2, 0.25) is 0 Å². The lowest BCUT2D eigenvalue weighted by Crippen LogP contribution is -2.15. The first-order chi connectivity index (χ1) is 11.2. The summed E-state index contributed by atoms with van der Waals surface area (Å²) in [7, 11) is 0. The van der Waals surface area contributed by atoms with E-state index < -0.39 is 11.9 Å². The molecule has 120 valence electrons. The van der Waals surface area contributed by atoms with E-state index in [1.807, 2.05) is 37.3 Å². The second kappa shape index (κ2) is 8.73. The molecule has 0 spiro atoms. The lowest BCUT2D eigenvalue weighted by Gasteiger charge is -2.09. The van der Waals surface area contributed by atoms with Crippen LogP contribution in [0, 0.1) is 0 Å². The zero-order valence-corrected chi connectivity index (χ0v) is 13.2. The van der Waals surface area contributed by atoms with Crippen molar-refractivity contribution in [3.8, 4) is 0 Å². The Morgan fingerprint density at radius 2 is 1.30 bits per heavy atom. The monoisotopic (exact) mass is 312 g/mol. The Hall–Kier alpha value is -2.62. The van der Waals surface area contributed by atoms with E-state index >= 15 is 0 Å². The van der Waals surface area contributed by atoms with Gasteiger partial charge in [-0.1, -0.05) is 49.4 Å².